The van der Waals surface area contributed by atoms with Crippen LogP contribution < -0.4 is 0 Å². The van der Waals surface area contributed by atoms with E-state index < -0.39 is 9.84 Å². The van der Waals surface area contributed by atoms with E-state index in [-0.39, 0.29) is 10.2 Å². The van der Waals surface area contributed by atoms with Gasteiger partial charge in [-0.25, -0.2) is 18.4 Å². The van der Waals surface area contributed by atoms with Gasteiger partial charge in [0.05, 0.1) is 12.5 Å². The number of imidazole rings is 2. The highest BCUT2D eigenvalue weighted by atomic mass is 32.2. The number of aromatic amines is 2. The van der Waals surface area contributed by atoms with Gasteiger partial charge in [0.15, 0.2) is 5.03 Å². The van der Waals surface area contributed by atoms with Crippen molar-refractivity contribution < 1.29 is 8.42 Å². The molecule has 0 unspecified atom stereocenters. The van der Waals surface area contributed by atoms with Crippen molar-refractivity contribution in [2.24, 2.45) is 0 Å². The third kappa shape index (κ3) is 1.22. The van der Waals surface area contributed by atoms with Crippen molar-refractivity contribution in [3.05, 3.63) is 24.9 Å². The first-order valence-electron chi connectivity index (χ1n) is 3.44. The van der Waals surface area contributed by atoms with Gasteiger partial charge < -0.3 is 9.97 Å². The lowest BCUT2D eigenvalue weighted by Gasteiger charge is -1.94. The van der Waals surface area contributed by atoms with Gasteiger partial charge in [0.1, 0.15) is 0 Å². The number of hydrogen-bond acceptors (Lipinski definition) is 4. The second-order valence-corrected chi connectivity index (χ2v) is 4.15. The maximum absolute atomic E-state index is 11.6. The van der Waals surface area contributed by atoms with E-state index in [1.807, 2.05) is 0 Å². The smallest absolute Gasteiger partial charge is 0.256 e. The normalized spacial score (nSPS) is 11.7. The monoisotopic (exact) mass is 198 g/mol. The minimum absolute atomic E-state index is 0.0300. The number of sulfone groups is 1. The van der Waals surface area contributed by atoms with E-state index >= 15 is 0 Å². The summed E-state index contributed by atoms with van der Waals surface area (Å²) in [7, 11) is -3.54. The molecule has 0 aliphatic heterocycles. The summed E-state index contributed by atoms with van der Waals surface area (Å²) in [5.74, 6) is 0. The quantitative estimate of drug-likeness (QED) is 0.708. The van der Waals surface area contributed by atoms with E-state index in [1.165, 1.54) is 24.9 Å². The molecule has 0 radical (unpaired) electrons. The summed E-state index contributed by atoms with van der Waals surface area (Å²) in [5, 5.41) is -0.0563. The summed E-state index contributed by atoms with van der Waals surface area (Å²) in [4.78, 5) is 12.3. The van der Waals surface area contributed by atoms with Crippen molar-refractivity contribution in [1.82, 2.24) is 19.9 Å². The highest BCUT2D eigenvalue weighted by Crippen LogP contribution is 2.12. The second-order valence-electron chi connectivity index (χ2n) is 2.31. The Hall–Kier alpha value is -1.63. The van der Waals surface area contributed by atoms with Gasteiger partial charge in [-0.3, -0.25) is 0 Å². The fourth-order valence-corrected chi connectivity index (χ4v) is 1.93. The first-order chi connectivity index (χ1) is 6.21. The molecule has 13 heavy (non-hydrogen) atoms. The third-order valence-corrected chi connectivity index (χ3v) is 3.02. The molecule has 2 aromatic rings. The van der Waals surface area contributed by atoms with Crippen LogP contribution >= 0.6 is 0 Å². The van der Waals surface area contributed by atoms with Crippen molar-refractivity contribution in [2.45, 2.75) is 10.2 Å². The molecule has 0 aliphatic carbocycles. The average Bonchev–Trinajstić information content (AvgIpc) is 2.78. The van der Waals surface area contributed by atoms with Crippen molar-refractivity contribution in [3.63, 3.8) is 0 Å². The van der Waals surface area contributed by atoms with E-state index in [2.05, 4.69) is 19.9 Å². The largest absolute Gasteiger partial charge is 0.335 e. The number of rotatable bonds is 2. The van der Waals surface area contributed by atoms with Gasteiger partial charge >= 0.3 is 0 Å². The Labute approximate surface area is 74.0 Å². The summed E-state index contributed by atoms with van der Waals surface area (Å²) < 4.78 is 23.2. The van der Waals surface area contributed by atoms with Crippen molar-refractivity contribution in [1.29, 1.82) is 0 Å². The maximum Gasteiger partial charge on any atom is 0.256 e. The molecule has 6 nitrogen and oxygen atoms in total. The number of nitrogens with zero attached hydrogens (tertiary/aromatic N) is 2. The Morgan fingerprint density at radius 2 is 2.15 bits per heavy atom. The molecule has 0 atom stereocenters. The van der Waals surface area contributed by atoms with Crippen LogP contribution in [0.15, 0.2) is 35.1 Å². The number of H-pyrrole nitrogens is 2. The lowest BCUT2D eigenvalue weighted by Crippen LogP contribution is -2.04. The molecule has 0 saturated carbocycles. The van der Waals surface area contributed by atoms with Crippen LogP contribution in [0.5, 0.6) is 0 Å². The minimum atomic E-state index is -3.54. The summed E-state index contributed by atoms with van der Waals surface area (Å²) in [6.07, 6.45) is 5.36. The molecule has 0 fully saturated rings. The molecule has 0 amide bonds. The van der Waals surface area contributed by atoms with E-state index in [0.29, 0.717) is 0 Å². The molecular weight excluding hydrogens is 192 g/mol. The number of hydrogen-bond donors (Lipinski definition) is 2. The zero-order valence-electron chi connectivity index (χ0n) is 6.43. The SMILES string of the molecule is O=S(=O)(c1cnc[nH]1)c1ncc[nH]1. The second kappa shape index (κ2) is 2.70. The molecule has 0 aromatic carbocycles. The summed E-state index contributed by atoms with van der Waals surface area (Å²) >= 11 is 0. The molecule has 2 N–H and O–H groups in total. The predicted octanol–water partition coefficient (Wildman–Crippen LogP) is -0.0344. The van der Waals surface area contributed by atoms with Gasteiger partial charge in [-0.15, -0.1) is 0 Å². The van der Waals surface area contributed by atoms with Crippen LogP contribution in [0, 0.1) is 0 Å². The van der Waals surface area contributed by atoms with Crippen molar-refractivity contribution in [3.8, 4) is 0 Å². The highest BCUT2D eigenvalue weighted by Gasteiger charge is 2.20. The average molecular weight is 198 g/mol. The van der Waals surface area contributed by atoms with Crippen LogP contribution in [-0.2, 0) is 9.84 Å². The van der Waals surface area contributed by atoms with Gasteiger partial charge in [-0.1, -0.05) is 0 Å². The topological polar surface area (TPSA) is 91.5 Å². The van der Waals surface area contributed by atoms with Gasteiger partial charge in [-0.2, -0.15) is 0 Å². The Bertz CT molecular complexity index is 430. The van der Waals surface area contributed by atoms with Crippen LogP contribution in [0.4, 0.5) is 0 Å². The molecule has 0 saturated heterocycles. The van der Waals surface area contributed by atoms with Crippen molar-refractivity contribution >= 4 is 9.84 Å². The summed E-state index contributed by atoms with van der Waals surface area (Å²) in [6, 6.07) is 0. The zero-order valence-corrected chi connectivity index (χ0v) is 7.25. The number of aromatic nitrogens is 4. The standard InChI is InChI=1S/C6H6N4O2S/c11-13(12,5-3-7-4-10-5)6-8-1-2-9-6/h1-4H,(H,7,10)(H,8,9). The molecule has 7 heteroatoms. The van der Waals surface area contributed by atoms with Crippen LogP contribution in [0.2, 0.25) is 0 Å². The Morgan fingerprint density at radius 1 is 1.31 bits per heavy atom. The maximum atomic E-state index is 11.6. The van der Waals surface area contributed by atoms with E-state index in [1.54, 1.807) is 0 Å². The van der Waals surface area contributed by atoms with Crippen LogP contribution in [0.1, 0.15) is 0 Å². The molecule has 68 valence electrons. The van der Waals surface area contributed by atoms with Gasteiger partial charge in [0.2, 0.25) is 5.16 Å². The highest BCUT2D eigenvalue weighted by molar-refractivity contribution is 7.91. The van der Waals surface area contributed by atoms with Crippen LogP contribution in [0.3, 0.4) is 0 Å². The van der Waals surface area contributed by atoms with E-state index in [4.69, 9.17) is 0 Å². The lowest BCUT2D eigenvalue weighted by molar-refractivity contribution is 0.585. The van der Waals surface area contributed by atoms with E-state index in [9.17, 15) is 8.42 Å². The third-order valence-electron chi connectivity index (χ3n) is 1.49. The summed E-state index contributed by atoms with van der Waals surface area (Å²) in [5.41, 5.74) is 0. The molecule has 0 bridgehead atoms. The van der Waals surface area contributed by atoms with Crippen LogP contribution in [0.25, 0.3) is 0 Å². The Morgan fingerprint density at radius 3 is 2.69 bits per heavy atom. The first-order valence-corrected chi connectivity index (χ1v) is 4.92. The lowest BCUT2D eigenvalue weighted by atomic mass is 11.0. The van der Waals surface area contributed by atoms with Crippen LogP contribution in [-0.4, -0.2) is 28.4 Å². The first kappa shape index (κ1) is 7.99. The molecular formula is C6H6N4O2S. The molecule has 2 rings (SSSR count). The fraction of sp³-hybridized carbons (Fsp3) is 0. The Balaban J connectivity index is 2.56. The predicted molar refractivity (Wildman–Crippen MR) is 42.6 cm³/mol. The zero-order chi connectivity index (χ0) is 9.31. The molecule has 0 spiro atoms. The van der Waals surface area contributed by atoms with Gasteiger partial charge in [0, 0.05) is 12.4 Å². The molecule has 0 aliphatic rings. The molecule has 2 aromatic heterocycles. The van der Waals surface area contributed by atoms with Gasteiger partial charge in [-0.05, 0) is 0 Å². The summed E-state index contributed by atoms with van der Waals surface area (Å²) in [6.45, 7) is 0. The van der Waals surface area contributed by atoms with Gasteiger partial charge in [0.25, 0.3) is 9.84 Å². The minimum Gasteiger partial charge on any atom is -0.335 e. The Kier molecular flexibility index (Phi) is 1.66. The number of nitrogens with one attached hydrogen (secondary N) is 2. The van der Waals surface area contributed by atoms with E-state index in [0.717, 1.165) is 0 Å². The molecule has 2 heterocycles. The fourth-order valence-electron chi connectivity index (χ4n) is 0.892. The van der Waals surface area contributed by atoms with Crippen molar-refractivity contribution in [2.75, 3.05) is 0 Å².